The number of carbonyl (C=O) groups excluding carboxylic acids is 2. The lowest BCUT2D eigenvalue weighted by molar-refractivity contribution is -0.121. The van der Waals surface area contributed by atoms with Gasteiger partial charge in [-0.05, 0) is 84.8 Å². The van der Waals surface area contributed by atoms with Crippen molar-refractivity contribution in [3.63, 3.8) is 0 Å². The van der Waals surface area contributed by atoms with E-state index in [0.29, 0.717) is 46.9 Å². The number of hydrogen-bond acceptors (Lipinski definition) is 5. The van der Waals surface area contributed by atoms with Crippen molar-refractivity contribution in [2.75, 3.05) is 0 Å². The largest absolute Gasteiger partial charge is 0.298 e. The van der Waals surface area contributed by atoms with Crippen LogP contribution in [0.25, 0.3) is 11.1 Å². The smallest absolute Gasteiger partial charge is 0.290 e. The summed E-state index contributed by atoms with van der Waals surface area (Å²) < 4.78 is 117. The Balaban J connectivity index is 1.34. The van der Waals surface area contributed by atoms with Crippen LogP contribution in [0.3, 0.4) is 0 Å². The number of hydrogen-bond donors (Lipinski definition) is 0. The number of aryl methyl sites for hydroxylation is 2. The molecule has 0 saturated heterocycles. The van der Waals surface area contributed by atoms with Gasteiger partial charge in [-0.1, -0.05) is 18.1 Å². The summed E-state index contributed by atoms with van der Waals surface area (Å²) in [5.74, 6) is -5.94. The van der Waals surface area contributed by atoms with E-state index in [0.717, 1.165) is 17.7 Å². The van der Waals surface area contributed by atoms with Crippen LogP contribution in [-0.4, -0.2) is 31.3 Å². The van der Waals surface area contributed by atoms with Gasteiger partial charge < -0.3 is 0 Å². The fourth-order valence-electron chi connectivity index (χ4n) is 7.29. The predicted octanol–water partition coefficient (Wildman–Crippen LogP) is 9.36. The van der Waals surface area contributed by atoms with Crippen LogP contribution < -0.4 is 0 Å². The zero-order valence-corrected chi connectivity index (χ0v) is 29.1. The minimum atomic E-state index is -4.04. The molecule has 0 radical (unpaired) electrons. The maximum Gasteiger partial charge on any atom is 0.290 e. The second kappa shape index (κ2) is 14.5. The molecule has 0 bridgehead atoms. The molecule has 3 heterocycles. The van der Waals surface area contributed by atoms with Crippen LogP contribution >= 0.6 is 0 Å². The summed E-state index contributed by atoms with van der Waals surface area (Å²) >= 11 is 0. The quantitative estimate of drug-likeness (QED) is 0.111. The Kier molecular flexibility index (Phi) is 9.91. The first-order valence-corrected chi connectivity index (χ1v) is 17.3. The Morgan fingerprint density at radius 2 is 1.62 bits per heavy atom. The third-order valence-electron chi connectivity index (χ3n) is 9.74. The molecule has 0 spiro atoms. The Labute approximate surface area is 309 Å². The summed E-state index contributed by atoms with van der Waals surface area (Å²) in [6, 6.07) is 14.7. The standard InChI is InChI=1S/C41H30F8N4O2/c1-22-14-23(10-13-50-22)2-6-30-7-8-32(26-4-3-25-5-9-34(55)33(25)19-26)36(51-30)27(15-24-16-28(42)20-29(43)17-24)18-31(54)21-53-38-35(37(52-53)39(44)45)40(46,47)11-12-41(38,48)49/h3-4,7-8,10,13-14,16-17,19-20,27,39H,5,9,11-12,15,18,21H2,1H3/t27-/m1/s1. The molecule has 0 fully saturated rings. The molecule has 0 unspecified atom stereocenters. The highest BCUT2D eigenvalue weighted by Gasteiger charge is 2.55. The van der Waals surface area contributed by atoms with E-state index in [-0.39, 0.29) is 33.8 Å². The lowest BCUT2D eigenvalue weighted by atomic mass is 9.86. The monoisotopic (exact) mass is 762 g/mol. The fraction of sp³-hybridized carbons (Fsp3) is 0.293. The van der Waals surface area contributed by atoms with Gasteiger partial charge in [-0.3, -0.25) is 19.3 Å². The van der Waals surface area contributed by atoms with Gasteiger partial charge in [0.15, 0.2) is 11.6 Å². The molecule has 55 heavy (non-hydrogen) atoms. The van der Waals surface area contributed by atoms with Gasteiger partial charge in [0.05, 0.1) is 11.3 Å². The number of alkyl halides is 6. The molecular weight excluding hydrogens is 732 g/mol. The Bertz CT molecular complexity index is 2390. The van der Waals surface area contributed by atoms with Crippen LogP contribution in [-0.2, 0) is 36.0 Å². The number of aromatic nitrogens is 4. The van der Waals surface area contributed by atoms with Crippen molar-refractivity contribution in [2.45, 2.75) is 76.2 Å². The van der Waals surface area contributed by atoms with Gasteiger partial charge in [-0.15, -0.1) is 0 Å². The number of pyridine rings is 2. The Morgan fingerprint density at radius 1 is 0.873 bits per heavy atom. The summed E-state index contributed by atoms with van der Waals surface area (Å²) in [5.41, 5.74) is -0.473. The van der Waals surface area contributed by atoms with Crippen LogP contribution in [0.4, 0.5) is 35.1 Å². The molecule has 0 saturated carbocycles. The molecule has 1 atom stereocenters. The predicted molar refractivity (Wildman–Crippen MR) is 184 cm³/mol. The van der Waals surface area contributed by atoms with Gasteiger partial charge in [-0.2, -0.15) is 13.9 Å². The van der Waals surface area contributed by atoms with Crippen molar-refractivity contribution in [3.8, 4) is 23.0 Å². The number of benzene rings is 2. The Hall–Kier alpha value is -5.71. The third-order valence-corrected chi connectivity index (χ3v) is 9.74. The van der Waals surface area contributed by atoms with Crippen molar-refractivity contribution in [1.29, 1.82) is 0 Å². The molecule has 2 aliphatic carbocycles. The van der Waals surface area contributed by atoms with Crippen LogP contribution in [0.5, 0.6) is 0 Å². The highest BCUT2D eigenvalue weighted by atomic mass is 19.3. The zero-order chi connectivity index (χ0) is 39.2. The lowest BCUT2D eigenvalue weighted by Gasteiger charge is -2.29. The molecule has 0 N–H and O–H groups in total. The highest BCUT2D eigenvalue weighted by Crippen LogP contribution is 2.52. The first-order chi connectivity index (χ1) is 26.1. The number of nitrogens with zero attached hydrogens (tertiary/aromatic N) is 4. The first kappa shape index (κ1) is 37.6. The molecule has 7 rings (SSSR count). The van der Waals surface area contributed by atoms with Crippen molar-refractivity contribution >= 4 is 11.6 Å². The molecule has 0 amide bonds. The van der Waals surface area contributed by atoms with Crippen molar-refractivity contribution in [2.24, 2.45) is 0 Å². The second-order valence-corrected chi connectivity index (χ2v) is 13.8. The first-order valence-electron chi connectivity index (χ1n) is 17.3. The van der Waals surface area contributed by atoms with Gasteiger partial charge in [0.2, 0.25) is 0 Å². The van der Waals surface area contributed by atoms with E-state index >= 15 is 8.78 Å². The van der Waals surface area contributed by atoms with Crippen molar-refractivity contribution < 1.29 is 44.7 Å². The Morgan fingerprint density at radius 3 is 2.35 bits per heavy atom. The summed E-state index contributed by atoms with van der Waals surface area (Å²) in [4.78, 5) is 35.5. The summed E-state index contributed by atoms with van der Waals surface area (Å²) in [6.07, 6.45) is -4.74. The van der Waals surface area contributed by atoms with E-state index in [1.165, 1.54) is 0 Å². The van der Waals surface area contributed by atoms with Crippen molar-refractivity contribution in [1.82, 2.24) is 19.7 Å². The van der Waals surface area contributed by atoms with E-state index in [1.54, 1.807) is 55.6 Å². The molecule has 2 aromatic carbocycles. The highest BCUT2D eigenvalue weighted by molar-refractivity contribution is 6.01. The van der Waals surface area contributed by atoms with E-state index in [2.05, 4.69) is 21.9 Å². The van der Waals surface area contributed by atoms with Gasteiger partial charge in [0.1, 0.15) is 35.3 Å². The molecule has 5 aromatic rings. The summed E-state index contributed by atoms with van der Waals surface area (Å²) in [5, 5.41) is 3.41. The molecule has 6 nitrogen and oxygen atoms in total. The van der Waals surface area contributed by atoms with Gasteiger partial charge >= 0.3 is 0 Å². The van der Waals surface area contributed by atoms with Crippen LogP contribution in [0.15, 0.2) is 66.9 Å². The number of halogens is 8. The lowest BCUT2D eigenvalue weighted by Crippen LogP contribution is -2.33. The average Bonchev–Trinajstić information content (AvgIpc) is 3.70. The molecule has 0 aliphatic heterocycles. The topological polar surface area (TPSA) is 77.7 Å². The number of rotatable bonds is 9. The van der Waals surface area contributed by atoms with Crippen LogP contribution in [0.1, 0.15) is 99.1 Å². The number of Topliss-reactive ketones (excluding diaryl/α,β-unsaturated/α-hetero) is 2. The normalized spacial score (nSPS) is 16.0. The maximum atomic E-state index is 15.2. The molecule has 14 heteroatoms. The van der Waals surface area contributed by atoms with E-state index in [9.17, 15) is 35.9 Å². The van der Waals surface area contributed by atoms with E-state index < -0.39 is 84.4 Å². The van der Waals surface area contributed by atoms with Crippen LogP contribution in [0, 0.1) is 30.4 Å². The second-order valence-electron chi connectivity index (χ2n) is 13.8. The summed E-state index contributed by atoms with van der Waals surface area (Å²) in [7, 11) is 0. The zero-order valence-electron chi connectivity index (χ0n) is 29.1. The molecule has 282 valence electrons. The molecule has 3 aromatic heterocycles. The average molecular weight is 763 g/mol. The fourth-order valence-corrected chi connectivity index (χ4v) is 7.29. The number of fused-ring (bicyclic) bond motifs is 2. The van der Waals surface area contributed by atoms with Gasteiger partial charge in [0.25, 0.3) is 18.3 Å². The number of carbonyl (C=O) groups is 2. The van der Waals surface area contributed by atoms with E-state index in [1.807, 2.05) is 0 Å². The minimum Gasteiger partial charge on any atom is -0.298 e. The van der Waals surface area contributed by atoms with Gasteiger partial charge in [-0.25, -0.2) is 31.3 Å². The number of ketones is 2. The summed E-state index contributed by atoms with van der Waals surface area (Å²) in [6.45, 7) is 0.701. The third kappa shape index (κ3) is 7.78. The molecular formula is C41H30F8N4O2. The maximum absolute atomic E-state index is 15.2. The van der Waals surface area contributed by atoms with Crippen LogP contribution in [0.2, 0.25) is 0 Å². The van der Waals surface area contributed by atoms with E-state index in [4.69, 9.17) is 4.98 Å². The SMILES string of the molecule is Cc1cc(C#Cc2ccc(-c3ccc4c(c3)C(=O)CC4)c([C@@H](CC(=O)Cn3nc(C(F)F)c4c3C(F)(F)CCC4(F)F)Cc3cc(F)cc(F)c3)n2)ccn1. The molecule has 2 aliphatic rings. The minimum absolute atomic E-state index is 0.0726. The van der Waals surface area contributed by atoms with Crippen molar-refractivity contribution in [3.05, 3.63) is 135 Å². The van der Waals surface area contributed by atoms with Gasteiger partial charge in [0, 0.05) is 66.2 Å².